The van der Waals surface area contributed by atoms with Gasteiger partial charge >= 0.3 is 0 Å². The van der Waals surface area contributed by atoms with E-state index in [1.54, 1.807) is 48.5 Å². The van der Waals surface area contributed by atoms with Crippen LogP contribution in [-0.4, -0.2) is 49.6 Å². The van der Waals surface area contributed by atoms with E-state index in [0.29, 0.717) is 22.3 Å². The van der Waals surface area contributed by atoms with Crippen molar-refractivity contribution in [3.05, 3.63) is 94.8 Å². The number of aliphatic imine (C=N–C) groups is 1. The number of carbonyl (C=O) groups is 1. The highest BCUT2D eigenvalue weighted by Crippen LogP contribution is 2.41. The topological polar surface area (TPSA) is 146 Å². The molecule has 3 aromatic carbocycles. The molecule has 1 aliphatic rings. The molecule has 11 heteroatoms. The SMILES string of the molecule is COC(CS(=O)(=O)O)c1ccc(C2(c3cccc(-c4cc(C#N)ccc4F)c3)N=C(N)N(C)C2=O)cc1. The van der Waals surface area contributed by atoms with E-state index < -0.39 is 39.2 Å². The van der Waals surface area contributed by atoms with Crippen molar-refractivity contribution < 1.29 is 26.9 Å². The summed E-state index contributed by atoms with van der Waals surface area (Å²) in [4.78, 5) is 19.3. The maximum atomic E-state index is 14.7. The molecule has 0 fully saturated rings. The summed E-state index contributed by atoms with van der Waals surface area (Å²) in [5, 5.41) is 9.24. The first-order valence-electron chi connectivity index (χ1n) is 11.0. The van der Waals surface area contributed by atoms with E-state index in [1.165, 1.54) is 37.3 Å². The van der Waals surface area contributed by atoms with Gasteiger partial charge in [-0.05, 0) is 46.5 Å². The lowest BCUT2D eigenvalue weighted by atomic mass is 9.81. The first-order valence-corrected chi connectivity index (χ1v) is 12.6. The van der Waals surface area contributed by atoms with Gasteiger partial charge in [-0.1, -0.05) is 42.5 Å². The Labute approximate surface area is 213 Å². The third-order valence-electron chi connectivity index (χ3n) is 6.27. The fourth-order valence-electron chi connectivity index (χ4n) is 4.34. The second kappa shape index (κ2) is 9.74. The average Bonchev–Trinajstić information content (AvgIpc) is 3.12. The molecule has 0 spiro atoms. The summed E-state index contributed by atoms with van der Waals surface area (Å²) < 4.78 is 51.9. The number of likely N-dealkylation sites (N-methyl/N-ethyl adjacent to an activating group) is 1. The van der Waals surface area contributed by atoms with Crippen LogP contribution in [0.15, 0.2) is 71.7 Å². The first kappa shape index (κ1) is 26.0. The second-order valence-corrected chi connectivity index (χ2v) is 10.0. The van der Waals surface area contributed by atoms with Crippen LogP contribution in [0.4, 0.5) is 4.39 Å². The molecule has 0 aliphatic carbocycles. The Balaban J connectivity index is 1.86. The zero-order chi connectivity index (χ0) is 27.0. The van der Waals surface area contributed by atoms with E-state index in [0.717, 1.165) is 0 Å². The Kier molecular flexibility index (Phi) is 6.84. The lowest BCUT2D eigenvalue weighted by molar-refractivity contribution is -0.129. The summed E-state index contributed by atoms with van der Waals surface area (Å²) in [6.07, 6.45) is -0.936. The predicted molar refractivity (Wildman–Crippen MR) is 134 cm³/mol. The van der Waals surface area contributed by atoms with Crippen LogP contribution in [0, 0.1) is 17.1 Å². The van der Waals surface area contributed by atoms with Crippen LogP contribution in [0.25, 0.3) is 11.1 Å². The van der Waals surface area contributed by atoms with Gasteiger partial charge in [-0.2, -0.15) is 13.7 Å². The molecule has 1 heterocycles. The molecular weight excluding hydrogens is 499 g/mol. The fourth-order valence-corrected chi connectivity index (χ4v) is 5.05. The molecule has 2 unspecified atom stereocenters. The van der Waals surface area contributed by atoms with Crippen LogP contribution in [0.5, 0.6) is 0 Å². The molecule has 190 valence electrons. The molecule has 4 rings (SSSR count). The zero-order valence-electron chi connectivity index (χ0n) is 19.9. The molecule has 0 saturated carbocycles. The minimum absolute atomic E-state index is 0.0155. The number of ether oxygens (including phenoxy) is 1. The van der Waals surface area contributed by atoms with Gasteiger partial charge in [0.25, 0.3) is 16.0 Å². The Morgan fingerprint density at radius 3 is 2.43 bits per heavy atom. The maximum Gasteiger partial charge on any atom is 0.267 e. The lowest BCUT2D eigenvalue weighted by Crippen LogP contribution is -2.41. The summed E-state index contributed by atoms with van der Waals surface area (Å²) in [7, 11) is -1.50. The van der Waals surface area contributed by atoms with Crippen molar-refractivity contribution in [1.82, 2.24) is 4.90 Å². The molecule has 3 N–H and O–H groups in total. The first-order chi connectivity index (χ1) is 17.5. The molecule has 0 bridgehead atoms. The molecule has 3 aromatic rings. The highest BCUT2D eigenvalue weighted by atomic mass is 32.2. The minimum atomic E-state index is -4.30. The van der Waals surface area contributed by atoms with Crippen LogP contribution in [-0.2, 0) is 25.2 Å². The normalized spacial score (nSPS) is 18.4. The largest absolute Gasteiger partial charge is 0.376 e. The number of nitrogens with zero attached hydrogens (tertiary/aromatic N) is 3. The monoisotopic (exact) mass is 522 g/mol. The molecule has 9 nitrogen and oxygen atoms in total. The molecule has 1 amide bonds. The van der Waals surface area contributed by atoms with Gasteiger partial charge in [0.1, 0.15) is 11.6 Å². The van der Waals surface area contributed by atoms with Crippen LogP contribution in [0.1, 0.15) is 28.4 Å². The molecule has 37 heavy (non-hydrogen) atoms. The van der Waals surface area contributed by atoms with Crippen molar-refractivity contribution >= 4 is 22.0 Å². The molecule has 2 atom stereocenters. The number of guanidine groups is 1. The third-order valence-corrected chi connectivity index (χ3v) is 7.00. The number of hydrogen-bond donors (Lipinski definition) is 2. The Bertz CT molecular complexity index is 1550. The van der Waals surface area contributed by atoms with Crippen molar-refractivity contribution in [2.45, 2.75) is 11.6 Å². The van der Waals surface area contributed by atoms with Gasteiger partial charge in [0.2, 0.25) is 0 Å². The highest BCUT2D eigenvalue weighted by molar-refractivity contribution is 7.85. The van der Waals surface area contributed by atoms with Crippen molar-refractivity contribution in [1.29, 1.82) is 5.26 Å². The number of carbonyl (C=O) groups excluding carboxylic acids is 1. The van der Waals surface area contributed by atoms with E-state index in [4.69, 9.17) is 10.5 Å². The number of nitriles is 1. The average molecular weight is 523 g/mol. The molecular formula is C26H23FN4O5S. The number of amides is 1. The molecule has 0 saturated heterocycles. The van der Waals surface area contributed by atoms with Crippen LogP contribution in [0.3, 0.4) is 0 Å². The fraction of sp³-hybridized carbons (Fsp3) is 0.192. The van der Waals surface area contributed by atoms with E-state index in [1.807, 2.05) is 6.07 Å². The quantitative estimate of drug-likeness (QED) is 0.454. The van der Waals surface area contributed by atoms with Crippen molar-refractivity contribution in [3.8, 4) is 17.2 Å². The zero-order valence-corrected chi connectivity index (χ0v) is 20.7. The molecule has 0 radical (unpaired) electrons. The number of methoxy groups -OCH3 is 1. The van der Waals surface area contributed by atoms with E-state index in [-0.39, 0.29) is 17.1 Å². The maximum absolute atomic E-state index is 14.7. The van der Waals surface area contributed by atoms with Crippen molar-refractivity contribution in [3.63, 3.8) is 0 Å². The lowest BCUT2D eigenvalue weighted by Gasteiger charge is -2.27. The number of rotatable bonds is 7. The van der Waals surface area contributed by atoms with Gasteiger partial charge < -0.3 is 10.5 Å². The third kappa shape index (κ3) is 4.82. The summed E-state index contributed by atoms with van der Waals surface area (Å²) in [6, 6.07) is 19.0. The summed E-state index contributed by atoms with van der Waals surface area (Å²) in [6.45, 7) is 0. The summed E-state index contributed by atoms with van der Waals surface area (Å²) in [5.41, 5.74) is 6.66. The second-order valence-electron chi connectivity index (χ2n) is 8.53. The smallest absolute Gasteiger partial charge is 0.267 e. The van der Waals surface area contributed by atoms with Gasteiger partial charge in [-0.15, -0.1) is 0 Å². The standard InChI is InChI=1S/C26H23FN4O5S/c1-31-24(32)26(30-25(31)29,19-9-7-17(8-10-19)23(36-2)15-37(33,34)35)20-5-3-4-18(13-20)21-12-16(14-28)6-11-22(21)27/h3-13,23H,15H2,1-2H3,(H2,29,30)(H,33,34,35). The van der Waals surface area contributed by atoms with Gasteiger partial charge in [0.15, 0.2) is 11.5 Å². The van der Waals surface area contributed by atoms with Gasteiger partial charge in [0, 0.05) is 19.7 Å². The van der Waals surface area contributed by atoms with E-state index in [9.17, 15) is 27.4 Å². The molecule has 0 aromatic heterocycles. The van der Waals surface area contributed by atoms with Gasteiger partial charge in [-0.3, -0.25) is 14.2 Å². The minimum Gasteiger partial charge on any atom is -0.376 e. The number of hydrogen-bond acceptors (Lipinski definition) is 7. The number of nitrogens with two attached hydrogens (primary N) is 1. The van der Waals surface area contributed by atoms with Crippen LogP contribution < -0.4 is 5.73 Å². The van der Waals surface area contributed by atoms with Crippen molar-refractivity contribution in [2.75, 3.05) is 19.9 Å². The van der Waals surface area contributed by atoms with Crippen molar-refractivity contribution in [2.24, 2.45) is 10.7 Å². The predicted octanol–water partition coefficient (Wildman–Crippen LogP) is 2.97. The van der Waals surface area contributed by atoms with Crippen LogP contribution >= 0.6 is 0 Å². The number of benzene rings is 3. The molecule has 1 aliphatic heterocycles. The Morgan fingerprint density at radius 1 is 1.16 bits per heavy atom. The summed E-state index contributed by atoms with van der Waals surface area (Å²) >= 11 is 0. The van der Waals surface area contributed by atoms with E-state index in [2.05, 4.69) is 4.99 Å². The van der Waals surface area contributed by atoms with Crippen LogP contribution in [0.2, 0.25) is 0 Å². The van der Waals surface area contributed by atoms with Gasteiger partial charge in [0.05, 0.1) is 17.7 Å². The van der Waals surface area contributed by atoms with E-state index >= 15 is 0 Å². The Morgan fingerprint density at radius 2 is 1.86 bits per heavy atom. The van der Waals surface area contributed by atoms with Gasteiger partial charge in [-0.25, -0.2) is 9.38 Å². The number of halogens is 1. The summed E-state index contributed by atoms with van der Waals surface area (Å²) in [5.74, 6) is -1.63. The highest BCUT2D eigenvalue weighted by Gasteiger charge is 2.49. The Hall–Kier alpha value is -4.11.